The summed E-state index contributed by atoms with van der Waals surface area (Å²) < 4.78 is 5.28. The van der Waals surface area contributed by atoms with Crippen molar-refractivity contribution in [3.63, 3.8) is 0 Å². The van der Waals surface area contributed by atoms with Gasteiger partial charge in [-0.3, -0.25) is 9.59 Å². The molecular weight excluding hydrogens is 280 g/mol. The maximum absolute atomic E-state index is 12.6. The highest BCUT2D eigenvalue weighted by Crippen LogP contribution is 2.29. The number of hydrogen-bond donors (Lipinski definition) is 0. The molecule has 0 radical (unpaired) electrons. The molecule has 1 aromatic carbocycles. The van der Waals surface area contributed by atoms with E-state index >= 15 is 0 Å². The molecule has 22 heavy (non-hydrogen) atoms. The zero-order valence-electron chi connectivity index (χ0n) is 13.2. The van der Waals surface area contributed by atoms with Crippen LogP contribution in [0.4, 0.5) is 5.69 Å². The Morgan fingerprint density at radius 1 is 1.23 bits per heavy atom. The Kier molecular flexibility index (Phi) is 4.16. The summed E-state index contributed by atoms with van der Waals surface area (Å²) in [6, 6.07) is 6.05. The van der Waals surface area contributed by atoms with Crippen LogP contribution >= 0.6 is 0 Å². The van der Waals surface area contributed by atoms with Crippen molar-refractivity contribution >= 4 is 17.5 Å². The summed E-state index contributed by atoms with van der Waals surface area (Å²) in [6.45, 7) is 6.97. The first-order chi connectivity index (χ1) is 10.6. The Morgan fingerprint density at radius 2 is 1.95 bits per heavy atom. The fourth-order valence-electron chi connectivity index (χ4n) is 3.26. The van der Waals surface area contributed by atoms with E-state index < -0.39 is 0 Å². The van der Waals surface area contributed by atoms with Crippen molar-refractivity contribution in [3.8, 4) is 0 Å². The molecule has 0 N–H and O–H groups in total. The van der Waals surface area contributed by atoms with Gasteiger partial charge in [-0.25, -0.2) is 0 Å². The first kappa shape index (κ1) is 15.0. The third-order valence-electron chi connectivity index (χ3n) is 4.44. The first-order valence-electron chi connectivity index (χ1n) is 7.80. The second kappa shape index (κ2) is 6.08. The van der Waals surface area contributed by atoms with Crippen LogP contribution in [0.3, 0.4) is 0 Å². The van der Waals surface area contributed by atoms with Gasteiger partial charge >= 0.3 is 0 Å². The highest BCUT2D eigenvalue weighted by Gasteiger charge is 2.37. The molecule has 5 nitrogen and oxygen atoms in total. The molecule has 0 bridgehead atoms. The standard InChI is InChI=1S/C17H22N2O3/c1-12-3-4-15(13(2)9-12)19-11-14(10-16(19)20)17(21)18-5-7-22-8-6-18/h3-4,9,14H,5-8,10-11H2,1-2H3/t14-/m1/s1. The van der Waals surface area contributed by atoms with Crippen molar-refractivity contribution in [1.29, 1.82) is 0 Å². The van der Waals surface area contributed by atoms with Crippen molar-refractivity contribution in [2.24, 2.45) is 5.92 Å². The van der Waals surface area contributed by atoms with Gasteiger partial charge in [0.05, 0.1) is 19.1 Å². The SMILES string of the molecule is Cc1ccc(N2C[C@H](C(=O)N3CCOCC3)CC2=O)c(C)c1. The average Bonchev–Trinajstić information content (AvgIpc) is 2.89. The van der Waals surface area contributed by atoms with E-state index in [9.17, 15) is 9.59 Å². The molecule has 0 saturated carbocycles. The van der Waals surface area contributed by atoms with Crippen molar-refractivity contribution < 1.29 is 14.3 Å². The molecule has 0 spiro atoms. The zero-order valence-corrected chi connectivity index (χ0v) is 13.2. The molecule has 0 aromatic heterocycles. The van der Waals surface area contributed by atoms with E-state index in [0.717, 1.165) is 11.3 Å². The molecule has 118 valence electrons. The first-order valence-corrected chi connectivity index (χ1v) is 7.80. The number of amides is 2. The lowest BCUT2D eigenvalue weighted by Gasteiger charge is -2.29. The normalized spacial score (nSPS) is 22.3. The third kappa shape index (κ3) is 2.86. The lowest BCUT2D eigenvalue weighted by Crippen LogP contribution is -2.44. The lowest BCUT2D eigenvalue weighted by atomic mass is 10.1. The van der Waals surface area contributed by atoms with Crippen LogP contribution in [0.15, 0.2) is 18.2 Å². The van der Waals surface area contributed by atoms with Gasteiger partial charge in [0.25, 0.3) is 0 Å². The summed E-state index contributed by atoms with van der Waals surface area (Å²) in [5.41, 5.74) is 3.18. The highest BCUT2D eigenvalue weighted by molar-refractivity contribution is 6.00. The van der Waals surface area contributed by atoms with Gasteiger partial charge < -0.3 is 14.5 Å². The van der Waals surface area contributed by atoms with E-state index in [1.807, 2.05) is 30.9 Å². The van der Waals surface area contributed by atoms with E-state index in [2.05, 4.69) is 6.07 Å². The molecular formula is C17H22N2O3. The van der Waals surface area contributed by atoms with Gasteiger partial charge in [-0.05, 0) is 25.5 Å². The minimum absolute atomic E-state index is 0.0403. The second-order valence-electron chi connectivity index (χ2n) is 6.13. The average molecular weight is 302 g/mol. The van der Waals surface area contributed by atoms with Crippen molar-refractivity contribution in [2.75, 3.05) is 37.7 Å². The fourth-order valence-corrected chi connectivity index (χ4v) is 3.26. The fraction of sp³-hybridized carbons (Fsp3) is 0.529. The monoisotopic (exact) mass is 302 g/mol. The largest absolute Gasteiger partial charge is 0.378 e. The van der Waals surface area contributed by atoms with E-state index in [1.54, 1.807) is 4.90 Å². The van der Waals surface area contributed by atoms with Crippen LogP contribution in [0.25, 0.3) is 0 Å². The van der Waals surface area contributed by atoms with Crippen molar-refractivity contribution in [1.82, 2.24) is 4.90 Å². The molecule has 0 aliphatic carbocycles. The molecule has 2 aliphatic rings. The Hall–Kier alpha value is -1.88. The number of carbonyl (C=O) groups is 2. The van der Waals surface area contributed by atoms with Crippen LogP contribution in [-0.2, 0) is 14.3 Å². The van der Waals surface area contributed by atoms with Crippen LogP contribution in [0.5, 0.6) is 0 Å². The molecule has 3 rings (SSSR count). The van der Waals surface area contributed by atoms with E-state index in [1.165, 1.54) is 5.56 Å². The quantitative estimate of drug-likeness (QED) is 0.832. The Morgan fingerprint density at radius 3 is 2.64 bits per heavy atom. The summed E-state index contributed by atoms with van der Waals surface area (Å²) in [5, 5.41) is 0. The maximum Gasteiger partial charge on any atom is 0.228 e. The molecule has 2 amide bonds. The summed E-state index contributed by atoms with van der Waals surface area (Å²) in [7, 11) is 0. The van der Waals surface area contributed by atoms with E-state index in [-0.39, 0.29) is 17.7 Å². The Balaban J connectivity index is 1.74. The predicted octanol–water partition coefficient (Wildman–Crippen LogP) is 1.52. The number of anilines is 1. The molecule has 2 fully saturated rings. The predicted molar refractivity (Wildman–Crippen MR) is 83.8 cm³/mol. The number of morpholine rings is 1. The van der Waals surface area contributed by atoms with E-state index in [0.29, 0.717) is 39.3 Å². The summed E-state index contributed by atoms with van der Waals surface area (Å²) >= 11 is 0. The number of carbonyl (C=O) groups excluding carboxylic acids is 2. The number of rotatable bonds is 2. The molecule has 2 aliphatic heterocycles. The van der Waals surface area contributed by atoms with Crippen LogP contribution in [-0.4, -0.2) is 49.6 Å². The molecule has 1 aromatic rings. The van der Waals surface area contributed by atoms with E-state index in [4.69, 9.17) is 4.74 Å². The van der Waals surface area contributed by atoms with Gasteiger partial charge in [-0.2, -0.15) is 0 Å². The van der Waals surface area contributed by atoms with Crippen LogP contribution in [0, 0.1) is 19.8 Å². The van der Waals surface area contributed by atoms with Crippen molar-refractivity contribution in [3.05, 3.63) is 29.3 Å². The van der Waals surface area contributed by atoms with Crippen molar-refractivity contribution in [2.45, 2.75) is 20.3 Å². The Labute approximate surface area is 130 Å². The number of ether oxygens (including phenoxy) is 1. The lowest BCUT2D eigenvalue weighted by molar-refractivity contribution is -0.139. The maximum atomic E-state index is 12.6. The minimum Gasteiger partial charge on any atom is -0.378 e. The number of aryl methyl sites for hydroxylation is 2. The van der Waals surface area contributed by atoms with Gasteiger partial charge in [0.1, 0.15) is 0 Å². The number of nitrogens with zero attached hydrogens (tertiary/aromatic N) is 2. The van der Waals surface area contributed by atoms with Crippen LogP contribution < -0.4 is 4.90 Å². The molecule has 1 atom stereocenters. The van der Waals surface area contributed by atoms with Gasteiger partial charge in [0, 0.05) is 31.7 Å². The molecule has 5 heteroatoms. The second-order valence-corrected chi connectivity index (χ2v) is 6.13. The van der Waals surface area contributed by atoms with Gasteiger partial charge in [0.15, 0.2) is 0 Å². The van der Waals surface area contributed by atoms with Gasteiger partial charge in [-0.15, -0.1) is 0 Å². The highest BCUT2D eigenvalue weighted by atomic mass is 16.5. The topological polar surface area (TPSA) is 49.9 Å². The van der Waals surface area contributed by atoms with Crippen LogP contribution in [0.2, 0.25) is 0 Å². The minimum atomic E-state index is -0.230. The molecule has 2 saturated heterocycles. The molecule has 2 heterocycles. The molecule has 0 unspecified atom stereocenters. The van der Waals surface area contributed by atoms with Crippen LogP contribution in [0.1, 0.15) is 17.5 Å². The third-order valence-corrected chi connectivity index (χ3v) is 4.44. The smallest absolute Gasteiger partial charge is 0.228 e. The summed E-state index contributed by atoms with van der Waals surface area (Å²) in [5.74, 6) is -0.103. The van der Waals surface area contributed by atoms with Gasteiger partial charge in [-0.1, -0.05) is 17.7 Å². The van der Waals surface area contributed by atoms with Gasteiger partial charge in [0.2, 0.25) is 11.8 Å². The Bertz CT molecular complexity index is 594. The zero-order chi connectivity index (χ0) is 15.7. The summed E-state index contributed by atoms with van der Waals surface area (Å²) in [6.07, 6.45) is 0.309. The number of hydrogen-bond acceptors (Lipinski definition) is 3. The number of benzene rings is 1. The summed E-state index contributed by atoms with van der Waals surface area (Å²) in [4.78, 5) is 28.5.